The maximum absolute atomic E-state index is 5.24. The molecule has 2 heterocycles. The van der Waals surface area contributed by atoms with Crippen LogP contribution in [0.1, 0.15) is 31.0 Å². The van der Waals surface area contributed by atoms with Gasteiger partial charge < -0.3 is 10.1 Å². The number of ether oxygens (including phenoxy) is 1. The fraction of sp³-hybridized carbons (Fsp3) is 0.208. The fourth-order valence-corrected chi connectivity index (χ4v) is 4.15. The Bertz CT molecular complexity index is 1180. The molecular formula is C24H24N4OS. The van der Waals surface area contributed by atoms with Gasteiger partial charge in [-0.1, -0.05) is 25.6 Å². The van der Waals surface area contributed by atoms with Crippen LogP contribution in [0.2, 0.25) is 0 Å². The maximum atomic E-state index is 5.24. The zero-order valence-corrected chi connectivity index (χ0v) is 18.3. The van der Waals surface area contributed by atoms with Crippen molar-refractivity contribution >= 4 is 34.3 Å². The molecular weight excluding hydrogens is 392 g/mol. The Hall–Kier alpha value is -3.12. The van der Waals surface area contributed by atoms with Gasteiger partial charge in [-0.25, -0.2) is 15.0 Å². The molecule has 4 aromatic rings. The maximum Gasteiger partial charge on any atom is 0.164 e. The number of hydrogen-bond donors (Lipinski definition) is 1. The van der Waals surface area contributed by atoms with Crippen molar-refractivity contribution in [2.45, 2.75) is 36.5 Å². The molecule has 0 amide bonds. The van der Waals surface area contributed by atoms with Crippen molar-refractivity contribution in [3.05, 3.63) is 72.2 Å². The van der Waals surface area contributed by atoms with Gasteiger partial charge in [0.1, 0.15) is 17.9 Å². The quantitative estimate of drug-likeness (QED) is 0.395. The molecule has 152 valence electrons. The van der Waals surface area contributed by atoms with Gasteiger partial charge in [-0.3, -0.25) is 0 Å². The number of nitrogens with zero attached hydrogens (tertiary/aromatic N) is 3. The van der Waals surface area contributed by atoms with E-state index in [4.69, 9.17) is 4.74 Å². The number of nitrogens with one attached hydrogen (secondary N) is 1. The second-order valence-corrected chi connectivity index (χ2v) is 8.57. The predicted octanol–water partition coefficient (Wildman–Crippen LogP) is 6.36. The number of rotatable bonds is 6. The average Bonchev–Trinajstić information content (AvgIpc) is 2.73. The van der Waals surface area contributed by atoms with E-state index in [0.717, 1.165) is 38.1 Å². The highest BCUT2D eigenvalue weighted by Crippen LogP contribution is 2.33. The van der Waals surface area contributed by atoms with E-state index in [9.17, 15) is 0 Å². The number of methoxy groups -OCH3 is 1. The van der Waals surface area contributed by atoms with E-state index in [0.29, 0.717) is 11.6 Å². The number of aryl methyl sites for hydroxylation is 1. The molecule has 0 unspecified atom stereocenters. The normalized spacial score (nSPS) is 11.1. The number of anilines is 2. The van der Waals surface area contributed by atoms with Crippen LogP contribution in [-0.2, 0) is 0 Å². The molecule has 30 heavy (non-hydrogen) atoms. The summed E-state index contributed by atoms with van der Waals surface area (Å²) in [6.07, 6.45) is 1.56. The smallest absolute Gasteiger partial charge is 0.164 e. The molecule has 4 rings (SSSR count). The van der Waals surface area contributed by atoms with Crippen LogP contribution in [0.25, 0.3) is 11.0 Å². The number of pyridine rings is 1. The highest BCUT2D eigenvalue weighted by Gasteiger charge is 2.09. The Labute approximate surface area is 180 Å². The van der Waals surface area contributed by atoms with Gasteiger partial charge in [0, 0.05) is 21.2 Å². The molecule has 0 spiro atoms. The van der Waals surface area contributed by atoms with Gasteiger partial charge in [0.05, 0.1) is 12.5 Å². The number of hydrogen-bond acceptors (Lipinski definition) is 6. The zero-order valence-electron chi connectivity index (χ0n) is 17.5. The molecule has 0 aliphatic rings. The van der Waals surface area contributed by atoms with Crippen LogP contribution in [0, 0.1) is 6.92 Å². The van der Waals surface area contributed by atoms with Crippen LogP contribution >= 0.6 is 11.8 Å². The van der Waals surface area contributed by atoms with Crippen molar-refractivity contribution in [1.29, 1.82) is 0 Å². The molecule has 5 nitrogen and oxygen atoms in total. The standard InChI is InChI=1S/C24H24N4OS/c1-15(2)22-10-9-21-23(25-14-26-24(21)28-22)27-17-11-16(3)12-20(13-17)30-19-7-5-18(29-4)6-8-19/h5-15H,1-4H3,(H,25,26,27,28). The predicted molar refractivity (Wildman–Crippen MR) is 123 cm³/mol. The average molecular weight is 417 g/mol. The van der Waals surface area contributed by atoms with Crippen molar-refractivity contribution in [1.82, 2.24) is 15.0 Å². The molecule has 0 saturated heterocycles. The minimum atomic E-state index is 0.357. The van der Waals surface area contributed by atoms with Crippen LogP contribution in [0.4, 0.5) is 11.5 Å². The molecule has 0 aliphatic carbocycles. The lowest BCUT2D eigenvalue weighted by Crippen LogP contribution is -2.00. The summed E-state index contributed by atoms with van der Waals surface area (Å²) in [6, 6.07) is 18.6. The van der Waals surface area contributed by atoms with Crippen LogP contribution in [0.15, 0.2) is 70.7 Å². The Morgan fingerprint density at radius 1 is 0.933 bits per heavy atom. The van der Waals surface area contributed by atoms with Gasteiger partial charge >= 0.3 is 0 Å². The van der Waals surface area contributed by atoms with Gasteiger partial charge in [-0.15, -0.1) is 0 Å². The summed E-state index contributed by atoms with van der Waals surface area (Å²) in [4.78, 5) is 15.8. The van der Waals surface area contributed by atoms with Gasteiger partial charge in [-0.05, 0) is 73.0 Å². The molecule has 6 heteroatoms. The molecule has 0 radical (unpaired) electrons. The summed E-state index contributed by atoms with van der Waals surface area (Å²) >= 11 is 1.71. The van der Waals surface area contributed by atoms with Crippen molar-refractivity contribution in [2.24, 2.45) is 0 Å². The minimum Gasteiger partial charge on any atom is -0.497 e. The Kier molecular flexibility index (Phi) is 5.86. The molecule has 0 bridgehead atoms. The van der Waals surface area contributed by atoms with Crippen molar-refractivity contribution < 1.29 is 4.74 Å². The van der Waals surface area contributed by atoms with E-state index in [2.05, 4.69) is 71.4 Å². The van der Waals surface area contributed by atoms with E-state index < -0.39 is 0 Å². The first kappa shape index (κ1) is 20.2. The second kappa shape index (κ2) is 8.71. The second-order valence-electron chi connectivity index (χ2n) is 7.42. The molecule has 2 aromatic carbocycles. The molecule has 0 atom stereocenters. The Morgan fingerprint density at radius 3 is 2.47 bits per heavy atom. The first-order valence-corrected chi connectivity index (χ1v) is 10.7. The van der Waals surface area contributed by atoms with Crippen molar-refractivity contribution in [3.63, 3.8) is 0 Å². The summed E-state index contributed by atoms with van der Waals surface area (Å²) in [5.41, 5.74) is 3.90. The van der Waals surface area contributed by atoms with E-state index >= 15 is 0 Å². The number of benzene rings is 2. The highest BCUT2D eigenvalue weighted by atomic mass is 32.2. The van der Waals surface area contributed by atoms with Crippen molar-refractivity contribution in [3.8, 4) is 5.75 Å². The SMILES string of the molecule is COc1ccc(Sc2cc(C)cc(Nc3ncnc4nc(C(C)C)ccc34)c2)cc1. The van der Waals surface area contributed by atoms with Crippen molar-refractivity contribution in [2.75, 3.05) is 12.4 Å². The third kappa shape index (κ3) is 4.54. The minimum absolute atomic E-state index is 0.357. The van der Waals surface area contributed by atoms with Crippen LogP contribution in [0.5, 0.6) is 5.75 Å². The Morgan fingerprint density at radius 2 is 1.73 bits per heavy atom. The van der Waals surface area contributed by atoms with Gasteiger partial charge in [0.2, 0.25) is 0 Å². The van der Waals surface area contributed by atoms with E-state index in [1.807, 2.05) is 24.3 Å². The summed E-state index contributed by atoms with van der Waals surface area (Å²) in [5.74, 6) is 1.97. The summed E-state index contributed by atoms with van der Waals surface area (Å²) < 4.78 is 5.24. The molecule has 0 saturated carbocycles. The largest absolute Gasteiger partial charge is 0.497 e. The third-order valence-electron chi connectivity index (χ3n) is 4.72. The highest BCUT2D eigenvalue weighted by molar-refractivity contribution is 7.99. The summed E-state index contributed by atoms with van der Waals surface area (Å²) in [5, 5.41) is 4.37. The lowest BCUT2D eigenvalue weighted by Gasteiger charge is -2.12. The van der Waals surface area contributed by atoms with Gasteiger partial charge in [-0.2, -0.15) is 0 Å². The Balaban J connectivity index is 1.61. The molecule has 0 aliphatic heterocycles. The van der Waals surface area contributed by atoms with Crippen LogP contribution in [0.3, 0.4) is 0 Å². The third-order valence-corrected chi connectivity index (χ3v) is 5.70. The van der Waals surface area contributed by atoms with E-state index in [1.165, 1.54) is 5.56 Å². The first-order chi connectivity index (χ1) is 14.5. The zero-order chi connectivity index (χ0) is 21.1. The number of aromatic nitrogens is 3. The van der Waals surface area contributed by atoms with Crippen LogP contribution in [-0.4, -0.2) is 22.1 Å². The lowest BCUT2D eigenvalue weighted by atomic mass is 10.1. The van der Waals surface area contributed by atoms with E-state index in [1.54, 1.807) is 25.2 Å². The molecule has 0 fully saturated rings. The fourth-order valence-electron chi connectivity index (χ4n) is 3.17. The molecule has 2 aromatic heterocycles. The molecule has 1 N–H and O–H groups in total. The topological polar surface area (TPSA) is 59.9 Å². The van der Waals surface area contributed by atoms with Crippen LogP contribution < -0.4 is 10.1 Å². The summed E-state index contributed by atoms with van der Waals surface area (Å²) in [6.45, 7) is 6.35. The van der Waals surface area contributed by atoms with Gasteiger partial charge in [0.15, 0.2) is 5.65 Å². The van der Waals surface area contributed by atoms with E-state index in [-0.39, 0.29) is 0 Å². The van der Waals surface area contributed by atoms with Gasteiger partial charge in [0.25, 0.3) is 0 Å². The lowest BCUT2D eigenvalue weighted by molar-refractivity contribution is 0.414. The first-order valence-electron chi connectivity index (χ1n) is 9.84. The number of fused-ring (bicyclic) bond motifs is 1. The monoisotopic (exact) mass is 416 g/mol. The summed E-state index contributed by atoms with van der Waals surface area (Å²) in [7, 11) is 1.68.